The Bertz CT molecular complexity index is 664. The van der Waals surface area contributed by atoms with E-state index < -0.39 is 45.1 Å². The quantitative estimate of drug-likeness (QED) is 0.881. The number of carboxylic acids is 1. The lowest BCUT2D eigenvalue weighted by molar-refractivity contribution is -0.144. The van der Waals surface area contributed by atoms with Gasteiger partial charge in [-0.15, -0.1) is 0 Å². The molecule has 116 valence electrons. The number of aliphatic carboxylic acids is 1. The molecule has 1 saturated heterocycles. The molecule has 1 aliphatic heterocycles. The van der Waals surface area contributed by atoms with Crippen LogP contribution in [0.2, 0.25) is 0 Å². The molecule has 1 unspecified atom stereocenters. The highest BCUT2D eigenvalue weighted by Crippen LogP contribution is 2.33. The standard InChI is InChI=1S/C11H10F3NO5S/c12-6-1-2-8(20-11(13)14)9(5-6)21(18,19)15-4-3-7(15)10(16)17/h1-2,5,7,11H,3-4H2,(H,16,17). The summed E-state index contributed by atoms with van der Waals surface area (Å²) in [5, 5.41) is 8.85. The maximum atomic E-state index is 13.2. The van der Waals surface area contributed by atoms with E-state index in [-0.39, 0.29) is 13.0 Å². The Labute approximate surface area is 117 Å². The molecule has 1 heterocycles. The van der Waals surface area contributed by atoms with Crippen LogP contribution in [-0.2, 0) is 14.8 Å². The summed E-state index contributed by atoms with van der Waals surface area (Å²) in [6, 6.07) is 0.744. The van der Waals surface area contributed by atoms with Crippen LogP contribution in [0.5, 0.6) is 5.75 Å². The van der Waals surface area contributed by atoms with Gasteiger partial charge in [0.1, 0.15) is 22.5 Å². The molecule has 21 heavy (non-hydrogen) atoms. The van der Waals surface area contributed by atoms with Crippen LogP contribution in [0.3, 0.4) is 0 Å². The zero-order valence-corrected chi connectivity index (χ0v) is 11.2. The van der Waals surface area contributed by atoms with E-state index in [1.54, 1.807) is 0 Å². The molecule has 0 saturated carbocycles. The van der Waals surface area contributed by atoms with Gasteiger partial charge in [-0.2, -0.15) is 13.1 Å². The summed E-state index contributed by atoms with van der Waals surface area (Å²) >= 11 is 0. The second kappa shape index (κ2) is 5.53. The van der Waals surface area contributed by atoms with Gasteiger partial charge in [-0.3, -0.25) is 4.79 Å². The Hall–Kier alpha value is -1.81. The SMILES string of the molecule is O=C(O)C1CCN1S(=O)(=O)c1cc(F)ccc1OC(F)F. The van der Waals surface area contributed by atoms with Gasteiger partial charge in [0, 0.05) is 6.54 Å². The van der Waals surface area contributed by atoms with Gasteiger partial charge in [-0.25, -0.2) is 12.8 Å². The van der Waals surface area contributed by atoms with Crippen LogP contribution in [0, 0.1) is 5.82 Å². The van der Waals surface area contributed by atoms with Gasteiger partial charge in [0.2, 0.25) is 10.0 Å². The Morgan fingerprint density at radius 2 is 2.10 bits per heavy atom. The molecule has 10 heteroatoms. The Morgan fingerprint density at radius 1 is 1.43 bits per heavy atom. The molecule has 2 rings (SSSR count). The zero-order valence-electron chi connectivity index (χ0n) is 10.4. The third-order valence-electron chi connectivity index (χ3n) is 2.96. The van der Waals surface area contributed by atoms with E-state index in [0.717, 1.165) is 12.1 Å². The number of rotatable bonds is 5. The molecular weight excluding hydrogens is 315 g/mol. The number of hydrogen-bond donors (Lipinski definition) is 1. The molecule has 1 atom stereocenters. The topological polar surface area (TPSA) is 83.9 Å². The van der Waals surface area contributed by atoms with Crippen molar-refractivity contribution in [2.45, 2.75) is 24.0 Å². The van der Waals surface area contributed by atoms with Crippen molar-refractivity contribution in [1.82, 2.24) is 4.31 Å². The van der Waals surface area contributed by atoms with Crippen molar-refractivity contribution in [3.8, 4) is 5.75 Å². The zero-order chi connectivity index (χ0) is 15.8. The first-order chi connectivity index (χ1) is 9.73. The van der Waals surface area contributed by atoms with Crippen molar-refractivity contribution in [3.05, 3.63) is 24.0 Å². The predicted molar refractivity (Wildman–Crippen MR) is 63.0 cm³/mol. The molecule has 6 nitrogen and oxygen atoms in total. The van der Waals surface area contributed by atoms with E-state index in [0.29, 0.717) is 10.4 Å². The summed E-state index contributed by atoms with van der Waals surface area (Å²) in [5.74, 6) is -3.07. The smallest absolute Gasteiger partial charge is 0.387 e. The molecule has 0 spiro atoms. The highest BCUT2D eigenvalue weighted by molar-refractivity contribution is 7.89. The second-order valence-corrected chi connectivity index (χ2v) is 6.09. The molecule has 0 aliphatic carbocycles. The van der Waals surface area contributed by atoms with E-state index in [1.165, 1.54) is 0 Å². The van der Waals surface area contributed by atoms with Crippen molar-refractivity contribution in [2.24, 2.45) is 0 Å². The maximum Gasteiger partial charge on any atom is 0.387 e. The van der Waals surface area contributed by atoms with Gasteiger partial charge in [0.25, 0.3) is 0 Å². The van der Waals surface area contributed by atoms with E-state index >= 15 is 0 Å². The molecule has 1 aromatic carbocycles. The summed E-state index contributed by atoms with van der Waals surface area (Å²) < 4.78 is 66.9. The van der Waals surface area contributed by atoms with Gasteiger partial charge in [-0.1, -0.05) is 0 Å². The number of alkyl halides is 2. The Balaban J connectivity index is 2.44. The number of carbonyl (C=O) groups is 1. The van der Waals surface area contributed by atoms with Crippen molar-refractivity contribution >= 4 is 16.0 Å². The van der Waals surface area contributed by atoms with Crippen molar-refractivity contribution in [1.29, 1.82) is 0 Å². The highest BCUT2D eigenvalue weighted by atomic mass is 32.2. The minimum Gasteiger partial charge on any atom is -0.480 e. The highest BCUT2D eigenvalue weighted by Gasteiger charge is 2.44. The van der Waals surface area contributed by atoms with Crippen LogP contribution in [-0.4, -0.2) is 43.0 Å². The lowest BCUT2D eigenvalue weighted by Crippen LogP contribution is -2.54. The van der Waals surface area contributed by atoms with Gasteiger partial charge < -0.3 is 9.84 Å². The number of halogens is 3. The average molecular weight is 325 g/mol. The van der Waals surface area contributed by atoms with Crippen molar-refractivity contribution < 1.29 is 36.2 Å². The Morgan fingerprint density at radius 3 is 2.57 bits per heavy atom. The first-order valence-corrected chi connectivity index (χ1v) is 7.16. The van der Waals surface area contributed by atoms with Crippen molar-refractivity contribution in [3.63, 3.8) is 0 Å². The first kappa shape index (κ1) is 15.6. The lowest BCUT2D eigenvalue weighted by atomic mass is 10.1. The van der Waals surface area contributed by atoms with Crippen LogP contribution >= 0.6 is 0 Å². The molecule has 0 radical (unpaired) electrons. The van der Waals surface area contributed by atoms with Gasteiger partial charge in [-0.05, 0) is 24.6 Å². The van der Waals surface area contributed by atoms with Crippen LogP contribution in [0.1, 0.15) is 6.42 Å². The van der Waals surface area contributed by atoms with Crippen molar-refractivity contribution in [2.75, 3.05) is 6.54 Å². The fourth-order valence-electron chi connectivity index (χ4n) is 1.90. The molecule has 1 fully saturated rings. The van der Waals surface area contributed by atoms with Crippen LogP contribution in [0.4, 0.5) is 13.2 Å². The summed E-state index contributed by atoms with van der Waals surface area (Å²) in [5.41, 5.74) is 0. The predicted octanol–water partition coefficient (Wildman–Crippen LogP) is 1.27. The number of nitrogens with zero attached hydrogens (tertiary/aromatic N) is 1. The number of hydrogen-bond acceptors (Lipinski definition) is 4. The second-order valence-electron chi connectivity index (χ2n) is 4.23. The fourth-order valence-corrected chi connectivity index (χ4v) is 3.66. The fraction of sp³-hybridized carbons (Fsp3) is 0.364. The molecule has 0 amide bonds. The first-order valence-electron chi connectivity index (χ1n) is 5.72. The van der Waals surface area contributed by atoms with Gasteiger partial charge >= 0.3 is 12.6 Å². The minimum absolute atomic E-state index is 0.0922. The monoisotopic (exact) mass is 325 g/mol. The summed E-state index contributed by atoms with van der Waals surface area (Å²) in [6.07, 6.45) is 0.0922. The van der Waals surface area contributed by atoms with E-state index in [9.17, 15) is 26.4 Å². The number of ether oxygens (including phenoxy) is 1. The molecule has 1 aliphatic rings. The van der Waals surface area contributed by atoms with Gasteiger partial charge in [0.15, 0.2) is 0 Å². The molecular formula is C11H10F3NO5S. The third-order valence-corrected chi connectivity index (χ3v) is 4.89. The van der Waals surface area contributed by atoms with E-state index in [1.807, 2.05) is 0 Å². The van der Waals surface area contributed by atoms with E-state index in [4.69, 9.17) is 5.11 Å². The summed E-state index contributed by atoms with van der Waals surface area (Å²) in [7, 11) is -4.44. The van der Waals surface area contributed by atoms with Gasteiger partial charge in [0.05, 0.1) is 0 Å². The normalized spacial score (nSPS) is 19.3. The summed E-state index contributed by atoms with van der Waals surface area (Å²) in [6.45, 7) is -3.39. The maximum absolute atomic E-state index is 13.2. The van der Waals surface area contributed by atoms with Crippen LogP contribution in [0.15, 0.2) is 23.1 Å². The third kappa shape index (κ3) is 2.95. The number of sulfonamides is 1. The molecule has 0 aromatic heterocycles. The van der Waals surface area contributed by atoms with Crippen LogP contribution in [0.25, 0.3) is 0 Å². The lowest BCUT2D eigenvalue weighted by Gasteiger charge is -2.36. The largest absolute Gasteiger partial charge is 0.480 e. The minimum atomic E-state index is -4.44. The molecule has 0 bridgehead atoms. The number of benzene rings is 1. The average Bonchev–Trinajstić information content (AvgIpc) is 2.27. The Kier molecular flexibility index (Phi) is 4.10. The van der Waals surface area contributed by atoms with E-state index in [2.05, 4.69) is 4.74 Å². The summed E-state index contributed by atoms with van der Waals surface area (Å²) in [4.78, 5) is 10.0. The molecule has 1 N–H and O–H groups in total. The van der Waals surface area contributed by atoms with Crippen LogP contribution < -0.4 is 4.74 Å². The number of carboxylic acid groups (broad SMARTS) is 1. The molecule has 1 aromatic rings.